The molecule has 0 saturated carbocycles. The molecule has 1 fully saturated rings. The number of carboxylic acids is 1. The number of aliphatic carboxylic acids is 1. The number of aromatic nitrogens is 1. The molecule has 1 aromatic carbocycles. The summed E-state index contributed by atoms with van der Waals surface area (Å²) in [6.07, 6.45) is 0. The summed E-state index contributed by atoms with van der Waals surface area (Å²) in [5.74, 6) is -6.97. The van der Waals surface area contributed by atoms with Gasteiger partial charge in [0.25, 0.3) is 17.7 Å². The Bertz CT molecular complexity index is 1520. The van der Waals surface area contributed by atoms with Crippen LogP contribution in [0.25, 0.3) is 0 Å². The van der Waals surface area contributed by atoms with E-state index in [1.165, 1.54) is 5.38 Å². The Morgan fingerprint density at radius 3 is 2.49 bits per heavy atom. The van der Waals surface area contributed by atoms with E-state index in [2.05, 4.69) is 25.6 Å². The van der Waals surface area contributed by atoms with Crippen LogP contribution in [0.5, 0.6) is 11.5 Å². The highest BCUT2D eigenvalue weighted by Gasteiger charge is 2.55. The lowest BCUT2D eigenvalue weighted by Crippen LogP contribution is -2.73. The molecule has 8 N–H and O–H groups in total. The number of phenols is 2. The minimum absolute atomic E-state index is 0.00454. The fourth-order valence-electron chi connectivity index (χ4n) is 3.24. The number of nitrogens with zero attached hydrogens (tertiary/aromatic N) is 3. The average Bonchev–Trinajstić information content (AvgIpc) is 3.31. The molecule has 3 rings (SSSR count). The number of ether oxygens (including phenoxy) is 1. The predicted octanol–water partition coefficient (Wildman–Crippen LogP) is -2.59. The Labute approximate surface area is 233 Å². The number of carbonyl (C=O) groups excluding carboxylic acids is 4. The second-order valence-electron chi connectivity index (χ2n) is 7.88. The third kappa shape index (κ3) is 7.55. The molecule has 0 radical (unpaired) electrons. The molecule has 1 aromatic heterocycles. The molecule has 0 aliphatic carbocycles. The largest absolute Gasteiger partial charge is 0.504 e. The van der Waals surface area contributed by atoms with E-state index < -0.39 is 89.0 Å². The van der Waals surface area contributed by atoms with Gasteiger partial charge < -0.3 is 41.3 Å². The van der Waals surface area contributed by atoms with Gasteiger partial charge in [-0.2, -0.15) is 8.42 Å². The molecule has 1 saturated heterocycles. The fraction of sp³-hybridized carbons (Fsp3) is 0.250. The summed E-state index contributed by atoms with van der Waals surface area (Å²) in [7, 11) is -5.16. The van der Waals surface area contributed by atoms with Crippen molar-refractivity contribution in [3.8, 4) is 11.5 Å². The molecule has 0 spiro atoms. The van der Waals surface area contributed by atoms with E-state index in [4.69, 9.17) is 15.6 Å². The number of aromatic hydroxyl groups is 2. The van der Waals surface area contributed by atoms with E-state index in [9.17, 15) is 47.2 Å². The number of esters is 1. The van der Waals surface area contributed by atoms with Gasteiger partial charge in [0.2, 0.25) is 6.61 Å². The third-order valence-corrected chi connectivity index (χ3v) is 6.70. The van der Waals surface area contributed by atoms with E-state index in [0.29, 0.717) is 0 Å². The van der Waals surface area contributed by atoms with Gasteiger partial charge in [-0.05, 0) is 18.2 Å². The SMILES string of the molecule is Nc1nc(/C(=N/OCC(=O)O)C(=O)N[C@@H]2C(=O)N(S(=O)(=O)O)[C@@H]2COC(=O)CNC(=O)c2ccc(O)c(O)c2)cs1. The molecule has 1 aliphatic heterocycles. The molecule has 21 heteroatoms. The summed E-state index contributed by atoms with van der Waals surface area (Å²) < 4.78 is 37.6. The van der Waals surface area contributed by atoms with Gasteiger partial charge in [-0.1, -0.05) is 5.16 Å². The number of hydrogen-bond acceptors (Lipinski definition) is 15. The highest BCUT2D eigenvalue weighted by molar-refractivity contribution is 7.84. The highest BCUT2D eigenvalue weighted by atomic mass is 32.2. The smallest absolute Gasteiger partial charge is 0.362 e. The van der Waals surface area contributed by atoms with E-state index in [1.807, 2.05) is 0 Å². The molecule has 19 nitrogen and oxygen atoms in total. The first-order chi connectivity index (χ1) is 19.2. The number of hydrogen-bond donors (Lipinski definition) is 7. The summed E-state index contributed by atoms with van der Waals surface area (Å²) in [5, 5.41) is 36.4. The van der Waals surface area contributed by atoms with Crippen molar-refractivity contribution in [2.75, 3.05) is 25.5 Å². The van der Waals surface area contributed by atoms with Crippen LogP contribution in [0.15, 0.2) is 28.7 Å². The van der Waals surface area contributed by atoms with Gasteiger partial charge in [0.15, 0.2) is 22.3 Å². The minimum atomic E-state index is -5.16. The van der Waals surface area contributed by atoms with Crippen molar-refractivity contribution >= 4 is 62.1 Å². The molecule has 41 heavy (non-hydrogen) atoms. The van der Waals surface area contributed by atoms with Crippen LogP contribution in [0.2, 0.25) is 0 Å². The molecule has 1 aliphatic rings. The third-order valence-electron chi connectivity index (χ3n) is 5.07. The Morgan fingerprint density at radius 1 is 1.20 bits per heavy atom. The van der Waals surface area contributed by atoms with Crippen LogP contribution < -0.4 is 16.4 Å². The van der Waals surface area contributed by atoms with Crippen LogP contribution in [0.3, 0.4) is 0 Å². The average molecular weight is 617 g/mol. The van der Waals surface area contributed by atoms with Gasteiger partial charge in [0.1, 0.15) is 30.9 Å². The van der Waals surface area contributed by atoms with Crippen LogP contribution in [-0.2, 0) is 39.1 Å². The number of nitrogens with two attached hydrogens (primary N) is 1. The Kier molecular flexibility index (Phi) is 9.26. The van der Waals surface area contributed by atoms with Gasteiger partial charge in [-0.25, -0.2) is 14.1 Å². The first-order valence-corrected chi connectivity index (χ1v) is 13.2. The quantitative estimate of drug-likeness (QED) is 0.0321. The number of benzene rings is 1. The number of oxime groups is 1. The first kappa shape index (κ1) is 30.5. The molecule has 2 heterocycles. The van der Waals surface area contributed by atoms with E-state index in [-0.39, 0.29) is 20.7 Å². The van der Waals surface area contributed by atoms with E-state index in [0.717, 1.165) is 29.5 Å². The molecule has 0 unspecified atom stereocenters. The summed E-state index contributed by atoms with van der Waals surface area (Å²) in [5.41, 5.74) is 4.61. The molecule has 220 valence electrons. The number of carbonyl (C=O) groups is 5. The summed E-state index contributed by atoms with van der Waals surface area (Å²) in [6.45, 7) is -2.58. The van der Waals surface area contributed by atoms with Crippen molar-refractivity contribution in [3.63, 3.8) is 0 Å². The van der Waals surface area contributed by atoms with Crippen molar-refractivity contribution in [1.29, 1.82) is 0 Å². The second kappa shape index (κ2) is 12.4. The summed E-state index contributed by atoms with van der Waals surface area (Å²) >= 11 is 0.887. The number of β-lactam (4-membered cyclic amide) rings is 1. The summed E-state index contributed by atoms with van der Waals surface area (Å²) in [6, 6.07) is -0.217. The number of phenolic OH excluding ortho intramolecular Hbond substituents is 2. The maximum absolute atomic E-state index is 12.9. The molecule has 3 amide bonds. The Hall–Kier alpha value is -5.02. The number of carboxylic acid groups (broad SMARTS) is 1. The van der Waals surface area contributed by atoms with Crippen LogP contribution in [-0.4, -0.2) is 105 Å². The molecule has 2 atom stereocenters. The number of amides is 3. The van der Waals surface area contributed by atoms with Crippen molar-refractivity contribution in [2.45, 2.75) is 12.1 Å². The lowest BCUT2D eigenvalue weighted by molar-refractivity contribution is -0.154. The first-order valence-electron chi connectivity index (χ1n) is 10.9. The Balaban J connectivity index is 1.68. The van der Waals surface area contributed by atoms with Crippen LogP contribution in [0, 0.1) is 0 Å². The van der Waals surface area contributed by atoms with Gasteiger partial charge in [0, 0.05) is 10.9 Å². The van der Waals surface area contributed by atoms with Crippen molar-refractivity contribution in [1.82, 2.24) is 19.9 Å². The van der Waals surface area contributed by atoms with Crippen LogP contribution >= 0.6 is 11.3 Å². The van der Waals surface area contributed by atoms with Gasteiger partial charge in [-0.3, -0.25) is 23.7 Å². The topological polar surface area (TPSA) is 297 Å². The summed E-state index contributed by atoms with van der Waals surface area (Å²) in [4.78, 5) is 68.7. The lowest BCUT2D eigenvalue weighted by atomic mass is 9.99. The normalized spacial score (nSPS) is 16.9. The van der Waals surface area contributed by atoms with E-state index in [1.54, 1.807) is 0 Å². The zero-order chi connectivity index (χ0) is 30.5. The van der Waals surface area contributed by atoms with Gasteiger partial charge >= 0.3 is 22.2 Å². The lowest BCUT2D eigenvalue weighted by Gasteiger charge is -2.43. The maximum Gasteiger partial charge on any atom is 0.362 e. The second-order valence-corrected chi connectivity index (χ2v) is 10.1. The van der Waals surface area contributed by atoms with Crippen LogP contribution in [0.1, 0.15) is 16.1 Å². The molecule has 0 bridgehead atoms. The van der Waals surface area contributed by atoms with Gasteiger partial charge in [0.05, 0.1) is 0 Å². The monoisotopic (exact) mass is 616 g/mol. The highest BCUT2D eigenvalue weighted by Crippen LogP contribution is 2.25. The molecule has 2 aromatic rings. The Morgan fingerprint density at radius 2 is 1.90 bits per heavy atom. The van der Waals surface area contributed by atoms with Crippen molar-refractivity contribution < 1.29 is 61.8 Å². The van der Waals surface area contributed by atoms with Crippen molar-refractivity contribution in [2.24, 2.45) is 5.16 Å². The van der Waals surface area contributed by atoms with Gasteiger partial charge in [-0.15, -0.1) is 11.3 Å². The zero-order valence-electron chi connectivity index (χ0n) is 20.3. The van der Waals surface area contributed by atoms with Crippen molar-refractivity contribution in [3.05, 3.63) is 34.8 Å². The number of thiazole rings is 1. The number of rotatable bonds is 12. The standard InChI is InChI=1S/C20H20N6O13S2/c21-20-23-9(7-40-20)15(25-39-6-13(29)30)18(33)24-16-10(26(19(16)34)41(35,36)37)5-38-14(31)4-22-17(32)8-1-2-11(27)12(28)3-8/h1-3,7,10,16,27-28H,4-6H2,(H2,21,23)(H,22,32)(H,24,33)(H,29,30)(H,35,36,37)/b25-15-/t10-,16+/m1/s1. The molecular weight excluding hydrogens is 596 g/mol. The number of anilines is 1. The maximum atomic E-state index is 12.9. The minimum Gasteiger partial charge on any atom is -0.504 e. The predicted molar refractivity (Wildman–Crippen MR) is 134 cm³/mol. The molecular formula is C20H20N6O13S2. The van der Waals surface area contributed by atoms with E-state index >= 15 is 0 Å². The fourth-order valence-corrected chi connectivity index (χ4v) is 4.65. The number of nitrogens with one attached hydrogen (secondary N) is 2. The number of nitrogen functional groups attached to an aromatic ring is 1. The zero-order valence-corrected chi connectivity index (χ0v) is 21.9. The van der Waals surface area contributed by atoms with Crippen LogP contribution in [0.4, 0.5) is 5.13 Å².